The normalized spacial score (nSPS) is 22.8. The van der Waals surface area contributed by atoms with E-state index in [4.69, 9.17) is 0 Å². The monoisotopic (exact) mass is 277 g/mol. The molecule has 1 unspecified atom stereocenters. The van der Waals surface area contributed by atoms with Crippen molar-refractivity contribution in [3.63, 3.8) is 0 Å². The third-order valence-electron chi connectivity index (χ3n) is 4.25. The molecular weight excluding hydrogens is 254 g/mol. The summed E-state index contributed by atoms with van der Waals surface area (Å²) < 4.78 is 0. The molecule has 1 atom stereocenters. The first kappa shape index (κ1) is 14.8. The van der Waals surface area contributed by atoms with Crippen LogP contribution < -0.4 is 4.90 Å². The summed E-state index contributed by atoms with van der Waals surface area (Å²) in [4.78, 5) is 22.3. The number of aromatic nitrogens is 2. The van der Waals surface area contributed by atoms with E-state index in [9.17, 15) is 9.90 Å². The quantitative estimate of drug-likeness (QED) is 0.895. The lowest BCUT2D eigenvalue weighted by Gasteiger charge is -2.40. The number of carbonyl (C=O) groups is 1. The number of anilines is 1. The Labute approximate surface area is 120 Å². The van der Waals surface area contributed by atoms with Crippen LogP contribution in [0.1, 0.15) is 45.2 Å². The summed E-state index contributed by atoms with van der Waals surface area (Å²) in [5, 5.41) is 9.53. The molecule has 1 fully saturated rings. The SMILES string of the molecule is CCCc1cc(N2CCCC(CC)(C(=O)O)C2)ncn1. The van der Waals surface area contributed by atoms with Crippen LogP contribution in [0.2, 0.25) is 0 Å². The number of carboxylic acids is 1. The van der Waals surface area contributed by atoms with Crippen LogP contribution in [0.15, 0.2) is 12.4 Å². The predicted octanol–water partition coefficient (Wildman–Crippen LogP) is 2.51. The maximum atomic E-state index is 11.6. The number of carboxylic acid groups (broad SMARTS) is 1. The first-order valence-corrected chi connectivity index (χ1v) is 7.40. The molecular formula is C15H23N3O2. The molecule has 2 heterocycles. The Kier molecular flexibility index (Phi) is 4.57. The van der Waals surface area contributed by atoms with E-state index in [-0.39, 0.29) is 0 Å². The summed E-state index contributed by atoms with van der Waals surface area (Å²) in [6, 6.07) is 2.00. The second-order valence-electron chi connectivity index (χ2n) is 5.58. The van der Waals surface area contributed by atoms with Crippen LogP contribution in [0.5, 0.6) is 0 Å². The maximum absolute atomic E-state index is 11.6. The highest BCUT2D eigenvalue weighted by Gasteiger charge is 2.41. The molecule has 0 saturated carbocycles. The summed E-state index contributed by atoms with van der Waals surface area (Å²) in [7, 11) is 0. The third-order valence-corrected chi connectivity index (χ3v) is 4.25. The van der Waals surface area contributed by atoms with Gasteiger partial charge in [0.25, 0.3) is 0 Å². The summed E-state index contributed by atoms with van der Waals surface area (Å²) in [5.41, 5.74) is 0.397. The van der Waals surface area contributed by atoms with E-state index >= 15 is 0 Å². The molecule has 1 aliphatic rings. The fourth-order valence-electron chi connectivity index (χ4n) is 2.89. The van der Waals surface area contributed by atoms with E-state index in [0.29, 0.717) is 13.0 Å². The van der Waals surface area contributed by atoms with Crippen molar-refractivity contribution in [2.24, 2.45) is 5.41 Å². The van der Waals surface area contributed by atoms with E-state index in [1.807, 2.05) is 13.0 Å². The number of aryl methyl sites for hydroxylation is 1. The van der Waals surface area contributed by atoms with Crippen molar-refractivity contribution in [3.05, 3.63) is 18.1 Å². The molecule has 1 saturated heterocycles. The lowest BCUT2D eigenvalue weighted by Crippen LogP contribution is -2.48. The van der Waals surface area contributed by atoms with Gasteiger partial charge < -0.3 is 10.0 Å². The van der Waals surface area contributed by atoms with Gasteiger partial charge in [-0.1, -0.05) is 20.3 Å². The second-order valence-corrected chi connectivity index (χ2v) is 5.58. The fourth-order valence-corrected chi connectivity index (χ4v) is 2.89. The van der Waals surface area contributed by atoms with Crippen LogP contribution >= 0.6 is 0 Å². The average molecular weight is 277 g/mol. The predicted molar refractivity (Wildman–Crippen MR) is 77.8 cm³/mol. The zero-order chi connectivity index (χ0) is 14.6. The van der Waals surface area contributed by atoms with Crippen LogP contribution in [0.25, 0.3) is 0 Å². The molecule has 0 spiro atoms. The summed E-state index contributed by atoms with van der Waals surface area (Å²) in [5.74, 6) is 0.176. The lowest BCUT2D eigenvalue weighted by atomic mass is 9.77. The number of hydrogen-bond donors (Lipinski definition) is 1. The third kappa shape index (κ3) is 2.92. The Morgan fingerprint density at radius 2 is 2.25 bits per heavy atom. The first-order chi connectivity index (χ1) is 9.61. The van der Waals surface area contributed by atoms with E-state index in [2.05, 4.69) is 21.8 Å². The molecule has 20 heavy (non-hydrogen) atoms. The van der Waals surface area contributed by atoms with Crippen molar-refractivity contribution in [2.45, 2.75) is 46.0 Å². The highest BCUT2D eigenvalue weighted by molar-refractivity contribution is 5.76. The Bertz CT molecular complexity index is 478. The van der Waals surface area contributed by atoms with Gasteiger partial charge >= 0.3 is 5.97 Å². The molecule has 1 N–H and O–H groups in total. The number of aliphatic carboxylic acids is 1. The van der Waals surface area contributed by atoms with Gasteiger partial charge in [0.15, 0.2) is 0 Å². The highest BCUT2D eigenvalue weighted by Crippen LogP contribution is 2.35. The van der Waals surface area contributed by atoms with Crippen molar-refractivity contribution in [2.75, 3.05) is 18.0 Å². The van der Waals surface area contributed by atoms with Crippen LogP contribution in [0.4, 0.5) is 5.82 Å². The van der Waals surface area contributed by atoms with Gasteiger partial charge in [-0.3, -0.25) is 4.79 Å². The fraction of sp³-hybridized carbons (Fsp3) is 0.667. The van der Waals surface area contributed by atoms with Crippen LogP contribution in [0.3, 0.4) is 0 Å². The number of nitrogens with zero attached hydrogens (tertiary/aromatic N) is 3. The van der Waals surface area contributed by atoms with Crippen LogP contribution in [0, 0.1) is 5.41 Å². The standard InChI is InChI=1S/C15H23N3O2/c1-3-6-12-9-13(17-11-16-12)18-8-5-7-15(4-2,10-18)14(19)20/h9,11H,3-8,10H2,1-2H3,(H,19,20). The molecule has 1 aromatic heterocycles. The maximum Gasteiger partial charge on any atom is 0.311 e. The molecule has 0 radical (unpaired) electrons. The zero-order valence-electron chi connectivity index (χ0n) is 12.3. The van der Waals surface area contributed by atoms with Gasteiger partial charge in [-0.15, -0.1) is 0 Å². The Morgan fingerprint density at radius 3 is 2.90 bits per heavy atom. The van der Waals surface area contributed by atoms with Gasteiger partial charge in [0.05, 0.1) is 5.41 Å². The second kappa shape index (κ2) is 6.20. The van der Waals surface area contributed by atoms with E-state index in [1.54, 1.807) is 6.33 Å². The van der Waals surface area contributed by atoms with Crippen molar-refractivity contribution < 1.29 is 9.90 Å². The highest BCUT2D eigenvalue weighted by atomic mass is 16.4. The van der Waals surface area contributed by atoms with Crippen LogP contribution in [-0.4, -0.2) is 34.1 Å². The van der Waals surface area contributed by atoms with E-state index in [1.165, 1.54) is 0 Å². The Morgan fingerprint density at radius 1 is 1.45 bits per heavy atom. The van der Waals surface area contributed by atoms with Gasteiger partial charge in [0.2, 0.25) is 0 Å². The molecule has 2 rings (SSSR count). The number of piperidine rings is 1. The summed E-state index contributed by atoms with van der Waals surface area (Å²) in [6.07, 6.45) is 5.87. The topological polar surface area (TPSA) is 66.3 Å². The molecule has 0 aromatic carbocycles. The van der Waals surface area contributed by atoms with Gasteiger partial charge in [-0.25, -0.2) is 9.97 Å². The van der Waals surface area contributed by atoms with Crippen molar-refractivity contribution >= 4 is 11.8 Å². The smallest absolute Gasteiger partial charge is 0.311 e. The van der Waals surface area contributed by atoms with Crippen molar-refractivity contribution in [1.29, 1.82) is 0 Å². The zero-order valence-corrected chi connectivity index (χ0v) is 12.3. The summed E-state index contributed by atoms with van der Waals surface area (Å²) >= 11 is 0. The van der Waals surface area contributed by atoms with Crippen LogP contribution in [-0.2, 0) is 11.2 Å². The van der Waals surface area contributed by atoms with Gasteiger partial charge in [-0.2, -0.15) is 0 Å². The lowest BCUT2D eigenvalue weighted by molar-refractivity contribution is -0.149. The van der Waals surface area contributed by atoms with Crippen molar-refractivity contribution in [3.8, 4) is 0 Å². The minimum Gasteiger partial charge on any atom is -0.481 e. The molecule has 0 amide bonds. The molecule has 5 nitrogen and oxygen atoms in total. The molecule has 5 heteroatoms. The Balaban J connectivity index is 2.20. The van der Waals surface area contributed by atoms with Gasteiger partial charge in [-0.05, 0) is 25.7 Å². The first-order valence-electron chi connectivity index (χ1n) is 7.40. The molecule has 0 aliphatic carbocycles. The summed E-state index contributed by atoms with van der Waals surface area (Å²) in [6.45, 7) is 5.49. The molecule has 1 aliphatic heterocycles. The number of rotatable bonds is 5. The molecule has 110 valence electrons. The van der Waals surface area contributed by atoms with Gasteiger partial charge in [0.1, 0.15) is 12.1 Å². The number of hydrogen-bond acceptors (Lipinski definition) is 4. The molecule has 1 aromatic rings. The average Bonchev–Trinajstić information content (AvgIpc) is 2.48. The minimum atomic E-state index is -0.687. The van der Waals surface area contributed by atoms with E-state index < -0.39 is 11.4 Å². The van der Waals surface area contributed by atoms with E-state index in [0.717, 1.165) is 43.7 Å². The Hall–Kier alpha value is -1.65. The largest absolute Gasteiger partial charge is 0.481 e. The van der Waals surface area contributed by atoms with Gasteiger partial charge in [0, 0.05) is 24.8 Å². The van der Waals surface area contributed by atoms with Crippen molar-refractivity contribution in [1.82, 2.24) is 9.97 Å². The molecule has 0 bridgehead atoms. The minimum absolute atomic E-state index is 0.543.